The first-order chi connectivity index (χ1) is 23.4. The number of fused-ring (bicyclic) bond motifs is 1. The Kier molecular flexibility index (Phi) is 11.7. The van der Waals surface area contributed by atoms with Crippen molar-refractivity contribution in [3.63, 3.8) is 0 Å². The number of rotatable bonds is 13. The zero-order valence-electron chi connectivity index (χ0n) is 27.8. The van der Waals surface area contributed by atoms with Crippen LogP contribution in [0, 0.1) is 11.6 Å². The molecule has 5 rings (SSSR count). The lowest BCUT2D eigenvalue weighted by atomic mass is 9.97. The Morgan fingerprint density at radius 3 is 2.18 bits per heavy atom. The van der Waals surface area contributed by atoms with E-state index in [0.717, 1.165) is 47.3 Å². The molecule has 0 spiro atoms. The van der Waals surface area contributed by atoms with Crippen molar-refractivity contribution < 1.29 is 31.5 Å². The van der Waals surface area contributed by atoms with Gasteiger partial charge in [-0.3, -0.25) is 9.59 Å². The minimum Gasteiger partial charge on any atom is -0.357 e. The van der Waals surface area contributed by atoms with Crippen molar-refractivity contribution in [1.29, 1.82) is 0 Å². The molecule has 0 radical (unpaired) electrons. The zero-order valence-corrected chi connectivity index (χ0v) is 28.6. The third-order valence-electron chi connectivity index (χ3n) is 9.14. The van der Waals surface area contributed by atoms with Crippen LogP contribution in [0.15, 0.2) is 89.5 Å². The molecule has 1 amide bonds. The van der Waals surface area contributed by atoms with E-state index in [1.165, 1.54) is 36.0 Å². The monoisotopic (exact) mass is 697 g/mol. The molecule has 2 heterocycles. The van der Waals surface area contributed by atoms with E-state index >= 15 is 0 Å². The second-order valence-corrected chi connectivity index (χ2v) is 13.7. The van der Waals surface area contributed by atoms with Crippen LogP contribution in [0.3, 0.4) is 0 Å². The van der Waals surface area contributed by atoms with E-state index in [-0.39, 0.29) is 47.9 Å². The van der Waals surface area contributed by atoms with Gasteiger partial charge in [0.1, 0.15) is 0 Å². The number of hydrogen-bond donors (Lipinski definition) is 0. The van der Waals surface area contributed by atoms with Crippen LogP contribution in [0.4, 0.5) is 22.0 Å². The minimum atomic E-state index is -4.41. The summed E-state index contributed by atoms with van der Waals surface area (Å²) >= 11 is 1.47. The smallest absolute Gasteiger partial charge is 0.357 e. The standard InChI is InChI=1S/C38H40F5N3O2S/c1-4-44(5-2)19-20-45(23-26-9-11-27(12-10-26)28-13-16-30(17-14-28)38(41,42)43)35(48)24-46-31(18-15-29-7-6-8-32(39)36(29)40)22-34(47)37-33(46)21-25(3)49-37/h6-14,16-17,21-22,33,37H,4-5,15,18-20,23-24H2,1-3H3. The van der Waals surface area contributed by atoms with E-state index < -0.39 is 23.4 Å². The number of allylic oxidation sites excluding steroid dienone is 3. The van der Waals surface area contributed by atoms with Crippen LogP contribution < -0.4 is 0 Å². The highest BCUT2D eigenvalue weighted by Crippen LogP contribution is 2.40. The Bertz CT molecular complexity index is 1700. The molecule has 0 fully saturated rings. The number of carbonyl (C=O) groups excluding carboxylic acids is 2. The maximum Gasteiger partial charge on any atom is 0.416 e. The topological polar surface area (TPSA) is 43.9 Å². The molecule has 260 valence electrons. The highest BCUT2D eigenvalue weighted by atomic mass is 32.2. The number of nitrogens with zero attached hydrogens (tertiary/aromatic N) is 3. The summed E-state index contributed by atoms with van der Waals surface area (Å²) in [5, 5.41) is -0.385. The number of halogens is 5. The number of ketones is 1. The molecule has 0 saturated carbocycles. The van der Waals surface area contributed by atoms with Crippen molar-refractivity contribution in [2.75, 3.05) is 32.7 Å². The molecular formula is C38H40F5N3O2S. The van der Waals surface area contributed by atoms with E-state index in [1.54, 1.807) is 11.0 Å². The predicted molar refractivity (Wildman–Crippen MR) is 183 cm³/mol. The van der Waals surface area contributed by atoms with Gasteiger partial charge in [-0.2, -0.15) is 13.2 Å². The fourth-order valence-electron chi connectivity index (χ4n) is 6.28. The van der Waals surface area contributed by atoms with Crippen LogP contribution in [-0.4, -0.2) is 70.4 Å². The molecule has 2 aliphatic rings. The van der Waals surface area contributed by atoms with Gasteiger partial charge in [-0.05, 0) is 78.2 Å². The molecule has 2 unspecified atom stereocenters. The molecule has 49 heavy (non-hydrogen) atoms. The van der Waals surface area contributed by atoms with Crippen LogP contribution in [0.1, 0.15) is 43.9 Å². The fourth-order valence-corrected chi connectivity index (χ4v) is 7.45. The van der Waals surface area contributed by atoms with Gasteiger partial charge in [-0.15, -0.1) is 11.8 Å². The maximum absolute atomic E-state index is 14.5. The Morgan fingerprint density at radius 2 is 1.55 bits per heavy atom. The summed E-state index contributed by atoms with van der Waals surface area (Å²) in [6.07, 6.45) is -0.444. The number of thioether (sulfide) groups is 1. The lowest BCUT2D eigenvalue weighted by molar-refractivity contribution is -0.137. The minimum absolute atomic E-state index is 0.00184. The largest absolute Gasteiger partial charge is 0.416 e. The molecular weight excluding hydrogens is 657 g/mol. The highest BCUT2D eigenvalue weighted by molar-refractivity contribution is 8.04. The van der Waals surface area contributed by atoms with Gasteiger partial charge in [0.15, 0.2) is 17.4 Å². The van der Waals surface area contributed by atoms with Crippen LogP contribution in [-0.2, 0) is 28.7 Å². The SMILES string of the molecule is CCN(CC)CCN(Cc1ccc(-c2ccc(C(F)(F)F)cc2)cc1)C(=O)CN1C(CCc2cccc(F)c2F)=CC(=O)C2SC(C)=CC21. The Labute approximate surface area is 288 Å². The van der Waals surface area contributed by atoms with Crippen LogP contribution >= 0.6 is 11.8 Å². The van der Waals surface area contributed by atoms with Gasteiger partial charge in [0.05, 0.1) is 23.4 Å². The van der Waals surface area contributed by atoms with Crippen molar-refractivity contribution in [1.82, 2.24) is 14.7 Å². The summed E-state index contributed by atoms with van der Waals surface area (Å²) in [5.74, 6) is -2.05. The number of amides is 1. The summed E-state index contributed by atoms with van der Waals surface area (Å²) in [6, 6.07) is 16.1. The highest BCUT2D eigenvalue weighted by Gasteiger charge is 2.41. The molecule has 2 aliphatic heterocycles. The number of aryl methyl sites for hydroxylation is 1. The Balaban J connectivity index is 1.36. The molecule has 5 nitrogen and oxygen atoms in total. The molecule has 0 N–H and O–H groups in total. The van der Waals surface area contributed by atoms with E-state index in [1.807, 2.05) is 42.2 Å². The summed E-state index contributed by atoms with van der Waals surface area (Å²) in [5.41, 5.74) is 2.38. The first-order valence-electron chi connectivity index (χ1n) is 16.4. The third kappa shape index (κ3) is 8.80. The lowest BCUT2D eigenvalue weighted by Crippen LogP contribution is -2.51. The first-order valence-corrected chi connectivity index (χ1v) is 17.3. The summed E-state index contributed by atoms with van der Waals surface area (Å²) in [4.78, 5) is 34.3. The molecule has 0 aliphatic carbocycles. The molecule has 0 aromatic heterocycles. The predicted octanol–water partition coefficient (Wildman–Crippen LogP) is 8.11. The van der Waals surface area contributed by atoms with Crippen molar-refractivity contribution in [2.45, 2.75) is 57.6 Å². The lowest BCUT2D eigenvalue weighted by Gasteiger charge is -2.39. The average Bonchev–Trinajstić information content (AvgIpc) is 3.48. The van der Waals surface area contributed by atoms with E-state index in [4.69, 9.17) is 0 Å². The van der Waals surface area contributed by atoms with Crippen molar-refractivity contribution in [2.24, 2.45) is 0 Å². The van der Waals surface area contributed by atoms with Gasteiger partial charge in [0, 0.05) is 31.4 Å². The summed E-state index contributed by atoms with van der Waals surface area (Å²) < 4.78 is 67.6. The van der Waals surface area contributed by atoms with Gasteiger partial charge in [0.2, 0.25) is 5.91 Å². The third-order valence-corrected chi connectivity index (χ3v) is 10.4. The molecule has 3 aromatic rings. The fraction of sp³-hybridized carbons (Fsp3) is 0.368. The van der Waals surface area contributed by atoms with E-state index in [9.17, 15) is 31.5 Å². The number of likely N-dealkylation sites (N-methyl/N-ethyl adjacent to an activating group) is 1. The second kappa shape index (κ2) is 15.7. The van der Waals surface area contributed by atoms with E-state index in [0.29, 0.717) is 30.9 Å². The average molecular weight is 698 g/mol. The summed E-state index contributed by atoms with van der Waals surface area (Å²) in [7, 11) is 0. The van der Waals surface area contributed by atoms with Gasteiger partial charge in [0.25, 0.3) is 0 Å². The maximum atomic E-state index is 14.5. The van der Waals surface area contributed by atoms with Crippen molar-refractivity contribution >= 4 is 23.5 Å². The molecule has 0 bridgehead atoms. The Hall–Kier alpha value is -3.96. The van der Waals surface area contributed by atoms with Crippen LogP contribution in [0.2, 0.25) is 0 Å². The van der Waals surface area contributed by atoms with E-state index in [2.05, 4.69) is 18.7 Å². The van der Waals surface area contributed by atoms with Gasteiger partial charge in [-0.25, -0.2) is 8.78 Å². The van der Waals surface area contributed by atoms with Gasteiger partial charge < -0.3 is 14.7 Å². The number of carbonyl (C=O) groups is 2. The zero-order chi connectivity index (χ0) is 35.3. The van der Waals surface area contributed by atoms with Gasteiger partial charge in [-0.1, -0.05) is 68.5 Å². The second-order valence-electron chi connectivity index (χ2n) is 12.3. The Morgan fingerprint density at radius 1 is 0.898 bits per heavy atom. The molecule has 2 atom stereocenters. The normalized spacial score (nSPS) is 17.7. The number of hydrogen-bond acceptors (Lipinski definition) is 5. The van der Waals surface area contributed by atoms with Crippen molar-refractivity contribution in [3.8, 4) is 11.1 Å². The number of benzene rings is 3. The van der Waals surface area contributed by atoms with Crippen molar-refractivity contribution in [3.05, 3.63) is 118 Å². The summed E-state index contributed by atoms with van der Waals surface area (Å²) in [6.45, 7) is 9.12. The molecule has 3 aromatic carbocycles. The first kappa shape index (κ1) is 36.3. The molecule has 0 saturated heterocycles. The number of alkyl halides is 3. The van der Waals surface area contributed by atoms with Crippen LogP contribution in [0.25, 0.3) is 11.1 Å². The quantitative estimate of drug-likeness (QED) is 0.169. The van der Waals surface area contributed by atoms with Crippen LogP contribution in [0.5, 0.6) is 0 Å². The van der Waals surface area contributed by atoms with Gasteiger partial charge >= 0.3 is 6.18 Å². The molecule has 11 heteroatoms.